The largest absolute Gasteiger partial charge is 0.361 e. The average Bonchev–Trinajstić information content (AvgIpc) is 2.81. The number of carbonyl (C=O) groups is 1. The van der Waals surface area contributed by atoms with Crippen molar-refractivity contribution < 1.29 is 13.2 Å². The number of benzene rings is 2. The first kappa shape index (κ1) is 16.2. The Hall–Kier alpha value is -2.64. The van der Waals surface area contributed by atoms with Gasteiger partial charge in [-0.25, -0.2) is 13.6 Å². The Bertz CT molecular complexity index is 961. The highest BCUT2D eigenvalue weighted by Gasteiger charge is 2.25. The molecule has 1 amide bonds. The number of fused-ring (bicyclic) bond motifs is 1. The fourth-order valence-electron chi connectivity index (χ4n) is 2.69. The van der Waals surface area contributed by atoms with Gasteiger partial charge in [0.2, 0.25) is 10.0 Å². The predicted molar refractivity (Wildman–Crippen MR) is 94.0 cm³/mol. The standard InChI is InChI=1S/C17H17N3O3S/c1-10-7-11(2)16-14(8-10)15(17(21)20-16)9-19-12-3-5-13(6-4-12)24(18,22)23/h3-9,19H,1-2H3,(H,20,21)(H2,18,22,23)/b15-9-. The summed E-state index contributed by atoms with van der Waals surface area (Å²) in [5.41, 5.74) is 4.95. The lowest BCUT2D eigenvalue weighted by molar-refractivity contribution is -0.110. The van der Waals surface area contributed by atoms with Crippen LogP contribution in [-0.4, -0.2) is 14.3 Å². The van der Waals surface area contributed by atoms with Gasteiger partial charge in [0.15, 0.2) is 0 Å². The first-order chi connectivity index (χ1) is 11.3. The zero-order valence-electron chi connectivity index (χ0n) is 13.3. The van der Waals surface area contributed by atoms with Crippen LogP contribution in [0.25, 0.3) is 5.57 Å². The third-order valence-electron chi connectivity index (χ3n) is 3.82. The molecule has 0 saturated carbocycles. The van der Waals surface area contributed by atoms with Crippen molar-refractivity contribution in [3.63, 3.8) is 0 Å². The summed E-state index contributed by atoms with van der Waals surface area (Å²) in [5.74, 6) is -0.174. The lowest BCUT2D eigenvalue weighted by Crippen LogP contribution is -2.11. The third kappa shape index (κ3) is 3.04. The van der Waals surface area contributed by atoms with Crippen LogP contribution in [0, 0.1) is 13.8 Å². The number of rotatable bonds is 3. The van der Waals surface area contributed by atoms with Gasteiger partial charge >= 0.3 is 0 Å². The van der Waals surface area contributed by atoms with Crippen LogP contribution in [0.3, 0.4) is 0 Å². The molecule has 0 atom stereocenters. The second-order valence-corrected chi connectivity index (χ2v) is 7.29. The van der Waals surface area contributed by atoms with Gasteiger partial charge in [0, 0.05) is 17.5 Å². The van der Waals surface area contributed by atoms with Gasteiger partial charge in [-0.2, -0.15) is 0 Å². The number of sulfonamides is 1. The molecule has 2 aromatic rings. The van der Waals surface area contributed by atoms with E-state index in [-0.39, 0.29) is 10.8 Å². The van der Waals surface area contributed by atoms with Gasteiger partial charge in [0.05, 0.1) is 16.2 Å². The maximum Gasteiger partial charge on any atom is 0.257 e. The van der Waals surface area contributed by atoms with Crippen LogP contribution in [0.5, 0.6) is 0 Å². The number of nitrogens with two attached hydrogens (primary N) is 1. The zero-order valence-corrected chi connectivity index (χ0v) is 14.1. The summed E-state index contributed by atoms with van der Waals surface area (Å²) in [4.78, 5) is 12.2. The van der Waals surface area contributed by atoms with E-state index in [0.717, 1.165) is 22.4 Å². The van der Waals surface area contributed by atoms with Gasteiger partial charge in [-0.05, 0) is 49.7 Å². The van der Waals surface area contributed by atoms with Crippen LogP contribution >= 0.6 is 0 Å². The van der Waals surface area contributed by atoms with Crippen molar-refractivity contribution in [2.75, 3.05) is 10.6 Å². The molecular formula is C17H17N3O3S. The number of nitrogens with one attached hydrogen (secondary N) is 2. The molecule has 3 rings (SSSR count). The SMILES string of the molecule is Cc1cc(C)c2c(c1)/C(=C/Nc1ccc(S(N)(=O)=O)cc1)C(=O)N2. The summed E-state index contributed by atoms with van der Waals surface area (Å²) in [6, 6.07) is 9.97. The molecule has 0 spiro atoms. The Morgan fingerprint density at radius 1 is 1.12 bits per heavy atom. The maximum absolute atomic E-state index is 12.2. The number of carbonyl (C=O) groups excluding carboxylic acids is 1. The van der Waals surface area contributed by atoms with E-state index in [1.54, 1.807) is 18.3 Å². The van der Waals surface area contributed by atoms with E-state index in [4.69, 9.17) is 5.14 Å². The molecule has 0 radical (unpaired) electrons. The highest BCUT2D eigenvalue weighted by Crippen LogP contribution is 2.35. The van der Waals surface area contributed by atoms with Crippen LogP contribution in [0.2, 0.25) is 0 Å². The van der Waals surface area contributed by atoms with Crippen molar-refractivity contribution in [3.05, 3.63) is 59.3 Å². The lowest BCUT2D eigenvalue weighted by Gasteiger charge is -2.06. The zero-order chi connectivity index (χ0) is 17.5. The van der Waals surface area contributed by atoms with E-state index in [1.807, 2.05) is 26.0 Å². The highest BCUT2D eigenvalue weighted by molar-refractivity contribution is 7.89. The van der Waals surface area contributed by atoms with Crippen molar-refractivity contribution in [1.82, 2.24) is 0 Å². The predicted octanol–water partition coefficient (Wildman–Crippen LogP) is 2.36. The minimum absolute atomic E-state index is 0.0379. The van der Waals surface area contributed by atoms with Crippen LogP contribution in [0.4, 0.5) is 11.4 Å². The Morgan fingerprint density at radius 3 is 2.42 bits per heavy atom. The van der Waals surface area contributed by atoms with E-state index in [9.17, 15) is 13.2 Å². The van der Waals surface area contributed by atoms with Gasteiger partial charge in [0.1, 0.15) is 0 Å². The van der Waals surface area contributed by atoms with Crippen molar-refractivity contribution in [2.45, 2.75) is 18.7 Å². The van der Waals surface area contributed by atoms with Gasteiger partial charge < -0.3 is 10.6 Å². The normalized spacial score (nSPS) is 15.3. The average molecular weight is 343 g/mol. The monoisotopic (exact) mass is 343 g/mol. The molecule has 0 aliphatic carbocycles. The third-order valence-corrected chi connectivity index (χ3v) is 4.75. The Kier molecular flexibility index (Phi) is 3.90. The summed E-state index contributed by atoms with van der Waals surface area (Å²) in [6.45, 7) is 3.93. The second kappa shape index (κ2) is 5.77. The number of aryl methyl sites for hydroxylation is 2. The minimum atomic E-state index is -3.72. The van der Waals surface area contributed by atoms with Crippen molar-refractivity contribution in [3.8, 4) is 0 Å². The molecule has 7 heteroatoms. The summed E-state index contributed by atoms with van der Waals surface area (Å²) >= 11 is 0. The Labute approximate surface area is 140 Å². The molecule has 24 heavy (non-hydrogen) atoms. The van der Waals surface area contributed by atoms with Crippen LogP contribution in [0.15, 0.2) is 47.5 Å². The molecule has 1 aliphatic heterocycles. The lowest BCUT2D eigenvalue weighted by atomic mass is 10.0. The van der Waals surface area contributed by atoms with Gasteiger partial charge in [0.25, 0.3) is 5.91 Å². The maximum atomic E-state index is 12.2. The molecular weight excluding hydrogens is 326 g/mol. The molecule has 0 aromatic heterocycles. The second-order valence-electron chi connectivity index (χ2n) is 5.73. The van der Waals surface area contributed by atoms with E-state index in [2.05, 4.69) is 10.6 Å². The summed E-state index contributed by atoms with van der Waals surface area (Å²) in [6.07, 6.45) is 1.62. The summed E-state index contributed by atoms with van der Waals surface area (Å²) in [7, 11) is -3.72. The van der Waals surface area contributed by atoms with Gasteiger partial charge in [-0.3, -0.25) is 4.79 Å². The quantitative estimate of drug-likeness (QED) is 0.745. The smallest absolute Gasteiger partial charge is 0.257 e. The van der Waals surface area contributed by atoms with Crippen LogP contribution < -0.4 is 15.8 Å². The molecule has 4 N–H and O–H groups in total. The van der Waals surface area contributed by atoms with E-state index < -0.39 is 10.0 Å². The molecule has 0 saturated heterocycles. The Morgan fingerprint density at radius 2 is 1.79 bits per heavy atom. The molecule has 0 fully saturated rings. The van der Waals surface area contributed by atoms with Gasteiger partial charge in [-0.1, -0.05) is 11.6 Å². The van der Waals surface area contributed by atoms with E-state index in [0.29, 0.717) is 11.3 Å². The Balaban J connectivity index is 1.90. The molecule has 124 valence electrons. The number of amides is 1. The van der Waals surface area contributed by atoms with Gasteiger partial charge in [-0.15, -0.1) is 0 Å². The summed E-state index contributed by atoms with van der Waals surface area (Å²) in [5, 5.41) is 10.9. The molecule has 0 unspecified atom stereocenters. The van der Waals surface area contributed by atoms with Crippen molar-refractivity contribution in [1.29, 1.82) is 0 Å². The number of hydrogen-bond acceptors (Lipinski definition) is 4. The number of hydrogen-bond donors (Lipinski definition) is 3. The first-order valence-electron chi connectivity index (χ1n) is 7.28. The summed E-state index contributed by atoms with van der Waals surface area (Å²) < 4.78 is 22.5. The van der Waals surface area contributed by atoms with E-state index in [1.165, 1.54) is 12.1 Å². The number of primary sulfonamides is 1. The van der Waals surface area contributed by atoms with Crippen LogP contribution in [0.1, 0.15) is 16.7 Å². The number of anilines is 2. The van der Waals surface area contributed by atoms with Crippen LogP contribution in [-0.2, 0) is 14.8 Å². The topological polar surface area (TPSA) is 101 Å². The molecule has 2 aromatic carbocycles. The fraction of sp³-hybridized carbons (Fsp3) is 0.118. The molecule has 1 heterocycles. The first-order valence-corrected chi connectivity index (χ1v) is 8.83. The minimum Gasteiger partial charge on any atom is -0.361 e. The van der Waals surface area contributed by atoms with Crippen molar-refractivity contribution >= 4 is 32.9 Å². The van der Waals surface area contributed by atoms with Crippen molar-refractivity contribution in [2.24, 2.45) is 5.14 Å². The molecule has 6 nitrogen and oxygen atoms in total. The molecule has 0 bridgehead atoms. The van der Waals surface area contributed by atoms with E-state index >= 15 is 0 Å². The fourth-order valence-corrected chi connectivity index (χ4v) is 3.20. The highest BCUT2D eigenvalue weighted by atomic mass is 32.2. The molecule has 1 aliphatic rings.